The molecule has 0 N–H and O–H groups in total. The highest BCUT2D eigenvalue weighted by molar-refractivity contribution is 6.24. The second-order valence-corrected chi connectivity index (χ2v) is 20.8. The fourth-order valence-corrected chi connectivity index (χ4v) is 12.2. The second-order valence-electron chi connectivity index (χ2n) is 20.8. The van der Waals surface area contributed by atoms with Crippen LogP contribution in [0.1, 0.15) is 55.6 Å². The largest absolute Gasteiger partial charge is 0.0587 e. The Hall–Kier alpha value is -7.80. The lowest BCUT2D eigenvalue weighted by atomic mass is 9.81. The first kappa shape index (κ1) is 43.5. The highest BCUT2D eigenvalue weighted by Gasteiger charge is 2.22. The zero-order valence-electron chi connectivity index (χ0n) is 42.2. The lowest BCUT2D eigenvalue weighted by Gasteiger charge is -2.22. The lowest BCUT2D eigenvalue weighted by molar-refractivity contribution is 1.41. The van der Waals surface area contributed by atoms with E-state index >= 15 is 0 Å². The van der Waals surface area contributed by atoms with E-state index in [1.54, 1.807) is 0 Å². The van der Waals surface area contributed by atoms with Gasteiger partial charge in [-0.3, -0.25) is 0 Å². The van der Waals surface area contributed by atoms with Crippen LogP contribution in [-0.2, 0) is 0 Å². The molecular formula is C70H58. The lowest BCUT2D eigenvalue weighted by Crippen LogP contribution is -1.96. The van der Waals surface area contributed by atoms with Crippen molar-refractivity contribution in [2.75, 3.05) is 0 Å². The summed E-state index contributed by atoms with van der Waals surface area (Å²) in [7, 11) is 0. The Kier molecular flexibility index (Phi) is 10.2. The summed E-state index contributed by atoms with van der Waals surface area (Å²) in [6.07, 6.45) is 0. The normalized spacial score (nSPS) is 11.9. The van der Waals surface area contributed by atoms with Crippen LogP contribution in [0.15, 0.2) is 170 Å². The molecule has 12 aromatic rings. The summed E-state index contributed by atoms with van der Waals surface area (Å²) in [6.45, 7) is 22.4. The molecule has 0 aliphatic heterocycles. The van der Waals surface area contributed by atoms with Gasteiger partial charge in [-0.05, 0) is 230 Å². The van der Waals surface area contributed by atoms with E-state index in [9.17, 15) is 0 Å². The molecule has 0 bridgehead atoms. The number of hydrogen-bond donors (Lipinski definition) is 0. The standard InChI is InChI=1S/C70H58/c1-39-11-15-50(16-12-39)69-63-33-43(5)29-48(10)66(63)70(64-34-44(6)28-47(9)65(64)69)51-19-17-49(18-20-51)59-37-52-21-23-54(36-56(52)35-46(59)8)67-57-25-13-41(3)32-62(57)68(58-26-14-40(2)31-61(58)67)55-24-22-53-30-42(4)27-45(7)60(53)38-55/h11-38H,1-10H3. The van der Waals surface area contributed by atoms with Gasteiger partial charge in [0.15, 0.2) is 0 Å². The molecule has 0 unspecified atom stereocenters. The van der Waals surface area contributed by atoms with Crippen LogP contribution in [0.4, 0.5) is 0 Å². The third-order valence-electron chi connectivity index (χ3n) is 15.3. The molecule has 0 spiro atoms. The van der Waals surface area contributed by atoms with Crippen molar-refractivity contribution in [1.29, 1.82) is 0 Å². The molecule has 0 aliphatic rings. The molecule has 0 nitrogen and oxygen atoms in total. The number of aryl methyl sites for hydroxylation is 10. The highest BCUT2D eigenvalue weighted by Crippen LogP contribution is 2.49. The maximum Gasteiger partial charge on any atom is -0.00235 e. The fourth-order valence-electron chi connectivity index (χ4n) is 12.2. The van der Waals surface area contributed by atoms with Crippen molar-refractivity contribution >= 4 is 64.6 Å². The summed E-state index contributed by atoms with van der Waals surface area (Å²) in [5.41, 5.74) is 25.7. The molecule has 0 fully saturated rings. The minimum Gasteiger partial charge on any atom is -0.0587 e. The van der Waals surface area contributed by atoms with E-state index in [2.05, 4.69) is 239 Å². The molecule has 0 amide bonds. The Balaban J connectivity index is 0.987. The van der Waals surface area contributed by atoms with Crippen LogP contribution in [0.2, 0.25) is 0 Å². The summed E-state index contributed by atoms with van der Waals surface area (Å²) < 4.78 is 0. The van der Waals surface area contributed by atoms with E-state index in [1.807, 2.05) is 0 Å². The van der Waals surface area contributed by atoms with Crippen molar-refractivity contribution in [2.24, 2.45) is 0 Å². The molecule has 338 valence electrons. The maximum absolute atomic E-state index is 2.43. The first-order valence-electron chi connectivity index (χ1n) is 25.0. The van der Waals surface area contributed by atoms with Crippen molar-refractivity contribution in [2.45, 2.75) is 69.2 Å². The van der Waals surface area contributed by atoms with Gasteiger partial charge in [-0.25, -0.2) is 0 Å². The minimum absolute atomic E-state index is 1.23. The fraction of sp³-hybridized carbons (Fsp3) is 0.143. The van der Waals surface area contributed by atoms with Gasteiger partial charge in [-0.1, -0.05) is 185 Å². The molecule has 0 heteroatoms. The van der Waals surface area contributed by atoms with Gasteiger partial charge in [0.05, 0.1) is 0 Å². The maximum atomic E-state index is 2.43. The van der Waals surface area contributed by atoms with Gasteiger partial charge in [0, 0.05) is 0 Å². The quantitative estimate of drug-likeness (QED) is 0.151. The van der Waals surface area contributed by atoms with Gasteiger partial charge in [0.25, 0.3) is 0 Å². The molecule has 0 atom stereocenters. The Bertz CT molecular complexity index is 4180. The molecule has 0 heterocycles. The smallest absolute Gasteiger partial charge is 0.00235 e. The van der Waals surface area contributed by atoms with Gasteiger partial charge >= 0.3 is 0 Å². The highest BCUT2D eigenvalue weighted by atomic mass is 14.3. The zero-order chi connectivity index (χ0) is 48.3. The van der Waals surface area contributed by atoms with E-state index < -0.39 is 0 Å². The van der Waals surface area contributed by atoms with E-state index in [1.165, 1.54) is 176 Å². The van der Waals surface area contributed by atoms with Crippen LogP contribution in [-0.4, -0.2) is 0 Å². The van der Waals surface area contributed by atoms with Gasteiger partial charge in [-0.15, -0.1) is 0 Å². The average Bonchev–Trinajstić information content (AvgIpc) is 3.32. The Labute approximate surface area is 412 Å². The van der Waals surface area contributed by atoms with E-state index in [0.29, 0.717) is 0 Å². The zero-order valence-corrected chi connectivity index (χ0v) is 42.2. The van der Waals surface area contributed by atoms with Crippen LogP contribution >= 0.6 is 0 Å². The topological polar surface area (TPSA) is 0 Å². The molecule has 0 saturated heterocycles. The van der Waals surface area contributed by atoms with Crippen molar-refractivity contribution in [3.05, 3.63) is 225 Å². The molecule has 70 heavy (non-hydrogen) atoms. The van der Waals surface area contributed by atoms with Crippen LogP contribution in [0.3, 0.4) is 0 Å². The Morgan fingerprint density at radius 3 is 1.21 bits per heavy atom. The summed E-state index contributed by atoms with van der Waals surface area (Å²) in [6, 6.07) is 65.7. The molecule has 0 aliphatic carbocycles. The van der Waals surface area contributed by atoms with Gasteiger partial charge in [0.2, 0.25) is 0 Å². The molecule has 12 aromatic carbocycles. The van der Waals surface area contributed by atoms with Crippen molar-refractivity contribution in [3.8, 4) is 55.6 Å². The monoisotopic (exact) mass is 898 g/mol. The first-order chi connectivity index (χ1) is 33.8. The number of rotatable bonds is 5. The predicted molar refractivity (Wildman–Crippen MR) is 306 cm³/mol. The van der Waals surface area contributed by atoms with Crippen LogP contribution in [0, 0.1) is 69.2 Å². The van der Waals surface area contributed by atoms with Crippen molar-refractivity contribution in [1.82, 2.24) is 0 Å². The minimum atomic E-state index is 1.23. The van der Waals surface area contributed by atoms with Crippen LogP contribution < -0.4 is 0 Å². The van der Waals surface area contributed by atoms with Gasteiger partial charge in [0.1, 0.15) is 0 Å². The van der Waals surface area contributed by atoms with E-state index in [-0.39, 0.29) is 0 Å². The van der Waals surface area contributed by atoms with Crippen molar-refractivity contribution < 1.29 is 0 Å². The summed E-state index contributed by atoms with van der Waals surface area (Å²) in [5.74, 6) is 0. The van der Waals surface area contributed by atoms with Crippen LogP contribution in [0.5, 0.6) is 0 Å². The third-order valence-corrected chi connectivity index (χ3v) is 15.3. The molecular weight excluding hydrogens is 841 g/mol. The first-order valence-corrected chi connectivity index (χ1v) is 25.0. The molecule has 0 aromatic heterocycles. The van der Waals surface area contributed by atoms with Crippen LogP contribution in [0.25, 0.3) is 120 Å². The summed E-state index contributed by atoms with van der Waals surface area (Å²) in [4.78, 5) is 0. The Morgan fingerprint density at radius 2 is 0.643 bits per heavy atom. The molecule has 12 rings (SSSR count). The average molecular weight is 899 g/mol. The van der Waals surface area contributed by atoms with E-state index in [4.69, 9.17) is 0 Å². The van der Waals surface area contributed by atoms with E-state index in [0.717, 1.165) is 0 Å². The number of hydrogen-bond acceptors (Lipinski definition) is 0. The van der Waals surface area contributed by atoms with Crippen molar-refractivity contribution in [3.63, 3.8) is 0 Å². The number of fused-ring (bicyclic) bond motifs is 6. The molecule has 0 saturated carbocycles. The molecule has 0 radical (unpaired) electrons. The van der Waals surface area contributed by atoms with Gasteiger partial charge in [-0.2, -0.15) is 0 Å². The third kappa shape index (κ3) is 7.11. The number of benzene rings is 12. The predicted octanol–water partition coefficient (Wildman–Crippen LogP) is 20.0. The SMILES string of the molecule is Cc1ccc(-c2c3cc(C)cc(C)c3c(-c3ccc(-c4cc5ccc(-c6c7ccc(C)cc7c(-c7ccc8cc(C)cc(C)c8c7)c7ccc(C)cc67)cc5cc4C)cc3)c3cc(C)cc(C)c23)cc1. The summed E-state index contributed by atoms with van der Waals surface area (Å²) in [5, 5.41) is 15.6. The second kappa shape index (κ2) is 16.4. The summed E-state index contributed by atoms with van der Waals surface area (Å²) >= 11 is 0. The van der Waals surface area contributed by atoms with Gasteiger partial charge < -0.3 is 0 Å². The Morgan fingerprint density at radius 1 is 0.200 bits per heavy atom.